The van der Waals surface area contributed by atoms with Gasteiger partial charge in [-0.1, -0.05) is 29.8 Å². The lowest BCUT2D eigenvalue weighted by atomic mass is 10.1. The summed E-state index contributed by atoms with van der Waals surface area (Å²) in [7, 11) is 0. The molecule has 1 aliphatic heterocycles. The fraction of sp³-hybridized carbons (Fsp3) is 0.364. The van der Waals surface area contributed by atoms with Gasteiger partial charge in [-0.2, -0.15) is 0 Å². The van der Waals surface area contributed by atoms with Gasteiger partial charge in [-0.05, 0) is 36.8 Å². The first kappa shape index (κ1) is 20.8. The quantitative estimate of drug-likeness (QED) is 0.671. The molecule has 2 aromatic carbocycles. The Kier molecular flexibility index (Phi) is 7.61. The highest BCUT2D eigenvalue weighted by Gasteiger charge is 2.11. The minimum absolute atomic E-state index is 0.117. The Bertz CT molecular complexity index is 800. The minimum Gasteiger partial charge on any atom is -0.379 e. The van der Waals surface area contributed by atoms with E-state index in [1.165, 1.54) is 5.56 Å². The van der Waals surface area contributed by atoms with Crippen LogP contribution in [-0.2, 0) is 11.3 Å². The van der Waals surface area contributed by atoms with Gasteiger partial charge in [0.25, 0.3) is 5.91 Å². The molecule has 0 bridgehead atoms. The first-order valence-electron chi connectivity index (χ1n) is 9.89. The Labute approximate surface area is 171 Å². The maximum atomic E-state index is 12.2. The lowest BCUT2D eigenvalue weighted by Gasteiger charge is -2.26. The zero-order valence-electron chi connectivity index (χ0n) is 16.7. The molecule has 1 saturated heterocycles. The number of carbonyl (C=O) groups excluding carboxylic acids is 2. The van der Waals surface area contributed by atoms with Crippen LogP contribution in [0.5, 0.6) is 0 Å². The van der Waals surface area contributed by atoms with E-state index >= 15 is 0 Å². The molecule has 0 unspecified atom stereocenters. The Morgan fingerprint density at radius 3 is 2.34 bits per heavy atom. The summed E-state index contributed by atoms with van der Waals surface area (Å²) in [5, 5.41) is 8.52. The number of morpholine rings is 1. The number of aryl methyl sites for hydroxylation is 1. The first-order valence-corrected chi connectivity index (χ1v) is 9.89. The van der Waals surface area contributed by atoms with Crippen molar-refractivity contribution in [3.8, 4) is 0 Å². The van der Waals surface area contributed by atoms with E-state index in [0.29, 0.717) is 24.3 Å². The highest BCUT2D eigenvalue weighted by atomic mass is 16.5. The summed E-state index contributed by atoms with van der Waals surface area (Å²) < 4.78 is 5.31. The van der Waals surface area contributed by atoms with Crippen LogP contribution >= 0.6 is 0 Å². The average molecular weight is 396 g/mol. The maximum absolute atomic E-state index is 12.2. The van der Waals surface area contributed by atoms with E-state index in [9.17, 15) is 9.59 Å². The SMILES string of the molecule is Cc1ccc(CNC(=O)Nc2ccc(C(=O)NCCN3CCOCC3)cc2)cc1. The van der Waals surface area contributed by atoms with Gasteiger partial charge in [0, 0.05) is 44.0 Å². The lowest BCUT2D eigenvalue weighted by molar-refractivity contribution is 0.0383. The number of hydrogen-bond acceptors (Lipinski definition) is 4. The van der Waals surface area contributed by atoms with Gasteiger partial charge in [0.05, 0.1) is 13.2 Å². The molecule has 7 nitrogen and oxygen atoms in total. The average Bonchev–Trinajstić information content (AvgIpc) is 2.74. The molecule has 1 aliphatic rings. The van der Waals surface area contributed by atoms with Crippen molar-refractivity contribution < 1.29 is 14.3 Å². The number of carbonyl (C=O) groups is 2. The molecule has 2 aromatic rings. The van der Waals surface area contributed by atoms with Crippen LogP contribution in [-0.4, -0.2) is 56.2 Å². The van der Waals surface area contributed by atoms with Crippen molar-refractivity contribution in [1.29, 1.82) is 0 Å². The molecule has 0 aliphatic carbocycles. The van der Waals surface area contributed by atoms with Crippen LogP contribution in [0.1, 0.15) is 21.5 Å². The predicted molar refractivity (Wildman–Crippen MR) is 113 cm³/mol. The van der Waals surface area contributed by atoms with Gasteiger partial charge in [0.15, 0.2) is 0 Å². The molecule has 29 heavy (non-hydrogen) atoms. The summed E-state index contributed by atoms with van der Waals surface area (Å²) in [6, 6.07) is 14.6. The number of hydrogen-bond donors (Lipinski definition) is 3. The second kappa shape index (κ2) is 10.6. The number of urea groups is 1. The molecule has 3 N–H and O–H groups in total. The molecule has 0 atom stereocenters. The van der Waals surface area contributed by atoms with Crippen LogP contribution in [0.2, 0.25) is 0 Å². The largest absolute Gasteiger partial charge is 0.379 e. The third-order valence-electron chi connectivity index (χ3n) is 4.80. The number of ether oxygens (including phenoxy) is 1. The summed E-state index contributed by atoms with van der Waals surface area (Å²) in [5.41, 5.74) is 3.42. The number of rotatable bonds is 7. The van der Waals surface area contributed by atoms with Crippen molar-refractivity contribution in [2.24, 2.45) is 0 Å². The molecule has 1 heterocycles. The number of benzene rings is 2. The standard InChI is InChI=1S/C22H28N4O3/c1-17-2-4-18(5-3-17)16-24-22(28)25-20-8-6-19(7-9-20)21(27)23-10-11-26-12-14-29-15-13-26/h2-9H,10-16H2,1H3,(H,23,27)(H2,24,25,28). The van der Waals surface area contributed by atoms with E-state index in [0.717, 1.165) is 38.4 Å². The van der Waals surface area contributed by atoms with Gasteiger partial charge in [0.1, 0.15) is 0 Å². The van der Waals surface area contributed by atoms with Crippen LogP contribution in [0.4, 0.5) is 10.5 Å². The summed E-state index contributed by atoms with van der Waals surface area (Å²) in [6.45, 7) is 7.20. The smallest absolute Gasteiger partial charge is 0.319 e. The zero-order chi connectivity index (χ0) is 20.5. The van der Waals surface area contributed by atoms with Crippen LogP contribution in [0, 0.1) is 6.92 Å². The molecule has 0 saturated carbocycles. The van der Waals surface area contributed by atoms with Gasteiger partial charge < -0.3 is 20.7 Å². The third-order valence-corrected chi connectivity index (χ3v) is 4.80. The lowest BCUT2D eigenvalue weighted by Crippen LogP contribution is -2.41. The first-order chi connectivity index (χ1) is 14.1. The minimum atomic E-state index is -0.284. The Morgan fingerprint density at radius 2 is 1.66 bits per heavy atom. The van der Waals surface area contributed by atoms with E-state index in [1.807, 2.05) is 31.2 Å². The zero-order valence-corrected chi connectivity index (χ0v) is 16.7. The van der Waals surface area contributed by atoms with Gasteiger partial charge in [0.2, 0.25) is 0 Å². The van der Waals surface area contributed by atoms with E-state index in [-0.39, 0.29) is 11.9 Å². The monoisotopic (exact) mass is 396 g/mol. The van der Waals surface area contributed by atoms with Crippen LogP contribution < -0.4 is 16.0 Å². The molecule has 154 valence electrons. The Hall–Kier alpha value is -2.90. The van der Waals surface area contributed by atoms with E-state index in [1.54, 1.807) is 24.3 Å². The number of amides is 3. The van der Waals surface area contributed by atoms with E-state index < -0.39 is 0 Å². The third kappa shape index (κ3) is 6.89. The van der Waals surface area contributed by atoms with Gasteiger partial charge in [-0.3, -0.25) is 9.69 Å². The van der Waals surface area contributed by atoms with Crippen molar-refractivity contribution in [3.63, 3.8) is 0 Å². The van der Waals surface area contributed by atoms with E-state index in [2.05, 4.69) is 20.9 Å². The highest BCUT2D eigenvalue weighted by molar-refractivity contribution is 5.95. The van der Waals surface area contributed by atoms with Crippen molar-refractivity contribution >= 4 is 17.6 Å². The molecular weight excluding hydrogens is 368 g/mol. The number of anilines is 1. The molecule has 0 radical (unpaired) electrons. The number of nitrogens with zero attached hydrogens (tertiary/aromatic N) is 1. The van der Waals surface area contributed by atoms with Gasteiger partial charge >= 0.3 is 6.03 Å². The van der Waals surface area contributed by atoms with E-state index in [4.69, 9.17) is 4.74 Å². The molecule has 3 amide bonds. The molecule has 0 aromatic heterocycles. The molecule has 1 fully saturated rings. The van der Waals surface area contributed by atoms with Gasteiger partial charge in [-0.15, -0.1) is 0 Å². The highest BCUT2D eigenvalue weighted by Crippen LogP contribution is 2.10. The summed E-state index contributed by atoms with van der Waals surface area (Å²) in [6.07, 6.45) is 0. The van der Waals surface area contributed by atoms with Crippen molar-refractivity contribution in [3.05, 3.63) is 65.2 Å². The molecule has 0 spiro atoms. The van der Waals surface area contributed by atoms with Crippen LogP contribution in [0.15, 0.2) is 48.5 Å². The fourth-order valence-electron chi connectivity index (χ4n) is 3.02. The Balaban J connectivity index is 1.39. The van der Waals surface area contributed by atoms with Crippen molar-refractivity contribution in [2.75, 3.05) is 44.7 Å². The number of nitrogens with one attached hydrogen (secondary N) is 3. The summed E-state index contributed by atoms with van der Waals surface area (Å²) in [5.74, 6) is -0.117. The second-order valence-corrected chi connectivity index (χ2v) is 7.08. The molecule has 3 rings (SSSR count). The summed E-state index contributed by atoms with van der Waals surface area (Å²) in [4.78, 5) is 26.6. The van der Waals surface area contributed by atoms with Crippen molar-refractivity contribution in [1.82, 2.24) is 15.5 Å². The second-order valence-electron chi connectivity index (χ2n) is 7.08. The predicted octanol–water partition coefficient (Wildman–Crippen LogP) is 2.38. The van der Waals surface area contributed by atoms with Crippen LogP contribution in [0.25, 0.3) is 0 Å². The maximum Gasteiger partial charge on any atom is 0.319 e. The van der Waals surface area contributed by atoms with Crippen molar-refractivity contribution in [2.45, 2.75) is 13.5 Å². The van der Waals surface area contributed by atoms with Crippen LogP contribution in [0.3, 0.4) is 0 Å². The normalized spacial score (nSPS) is 14.2. The summed E-state index contributed by atoms with van der Waals surface area (Å²) >= 11 is 0. The van der Waals surface area contributed by atoms with Gasteiger partial charge in [-0.25, -0.2) is 4.79 Å². The molecule has 7 heteroatoms. The molecular formula is C22H28N4O3. The topological polar surface area (TPSA) is 82.7 Å². The Morgan fingerprint density at radius 1 is 0.966 bits per heavy atom. The fourth-order valence-corrected chi connectivity index (χ4v) is 3.02.